The van der Waals surface area contributed by atoms with Gasteiger partial charge in [0.15, 0.2) is 10.9 Å². The maximum absolute atomic E-state index is 6.39. The summed E-state index contributed by atoms with van der Waals surface area (Å²) in [7, 11) is 0. The molecule has 0 spiro atoms. The van der Waals surface area contributed by atoms with Gasteiger partial charge in [-0.05, 0) is 53.2 Å². The van der Waals surface area contributed by atoms with Crippen molar-refractivity contribution in [3.63, 3.8) is 0 Å². The van der Waals surface area contributed by atoms with Crippen LogP contribution in [0.25, 0.3) is 10.8 Å². The van der Waals surface area contributed by atoms with Crippen LogP contribution in [0.2, 0.25) is 10.2 Å². The lowest BCUT2D eigenvalue weighted by Crippen LogP contribution is -2.29. The Morgan fingerprint density at radius 3 is 2.57 bits per heavy atom. The molecule has 1 atom stereocenters. The second-order valence-corrected chi connectivity index (χ2v) is 10.7. The summed E-state index contributed by atoms with van der Waals surface area (Å²) in [6, 6.07) is 23.2. The molecule has 1 aliphatic heterocycles. The zero-order valence-corrected chi connectivity index (χ0v) is 18.8. The number of hydrogen-bond donors (Lipinski definition) is 0. The van der Waals surface area contributed by atoms with Gasteiger partial charge in [-0.2, -0.15) is 0 Å². The van der Waals surface area contributed by atoms with Gasteiger partial charge in [0.2, 0.25) is 0 Å². The minimum absolute atomic E-state index is 0.241. The van der Waals surface area contributed by atoms with E-state index < -0.39 is 6.64 Å². The van der Waals surface area contributed by atoms with Crippen LogP contribution < -0.4 is 13.7 Å². The van der Waals surface area contributed by atoms with Crippen molar-refractivity contribution in [2.24, 2.45) is 0 Å². The largest absolute Gasteiger partial charge is 0.420 e. The molecule has 5 rings (SSSR count). The molecule has 0 aliphatic carbocycles. The topological polar surface area (TPSA) is 34.6 Å². The van der Waals surface area contributed by atoms with Crippen molar-refractivity contribution in [2.45, 2.75) is 6.54 Å². The highest BCUT2D eigenvalue weighted by atomic mass is 35.5. The number of benzene rings is 3. The van der Waals surface area contributed by atoms with Crippen LogP contribution in [0, 0.1) is 0 Å². The highest BCUT2D eigenvalue weighted by molar-refractivity contribution is 8.11. The summed E-state index contributed by atoms with van der Waals surface area (Å²) >= 11 is 18.4. The zero-order valence-electron chi connectivity index (χ0n) is 15.5. The summed E-state index contributed by atoms with van der Waals surface area (Å²) in [5.41, 5.74) is 1.92. The molecule has 4 aromatic rings. The molecule has 0 saturated heterocycles. The van der Waals surface area contributed by atoms with Crippen LogP contribution >= 0.6 is 29.8 Å². The first-order valence-corrected chi connectivity index (χ1v) is 12.5. The van der Waals surface area contributed by atoms with Gasteiger partial charge in [0.1, 0.15) is 5.75 Å². The van der Waals surface area contributed by atoms with Crippen molar-refractivity contribution < 1.29 is 9.05 Å². The Hall–Kier alpha value is -2.30. The molecular weight excluding hydrogens is 458 g/mol. The first kappa shape index (κ1) is 19.7. The smallest absolute Gasteiger partial charge is 0.395 e. The van der Waals surface area contributed by atoms with Crippen LogP contribution in [0.5, 0.6) is 11.5 Å². The van der Waals surface area contributed by atoms with E-state index >= 15 is 0 Å². The van der Waals surface area contributed by atoms with E-state index in [1.165, 1.54) is 0 Å². The van der Waals surface area contributed by atoms with Crippen molar-refractivity contribution in [3.05, 3.63) is 94.7 Å². The van der Waals surface area contributed by atoms with Crippen LogP contribution in [0.15, 0.2) is 79.0 Å². The molecule has 8 heteroatoms. The average molecular weight is 473 g/mol. The SMILES string of the molecule is S=P1(Oc2cccnc2Cl)Oc2ccc3ccccc3c2CN1c1ccc(Cl)cc1. The van der Waals surface area contributed by atoms with Gasteiger partial charge in [0.25, 0.3) is 0 Å². The predicted octanol–water partition coefficient (Wildman–Crippen LogP) is 7.24. The fourth-order valence-corrected chi connectivity index (χ4v) is 6.51. The summed E-state index contributed by atoms with van der Waals surface area (Å²) in [6.07, 6.45) is 1.60. The van der Waals surface area contributed by atoms with Gasteiger partial charge in [0.05, 0.1) is 6.54 Å². The predicted molar refractivity (Wildman–Crippen MR) is 126 cm³/mol. The third-order valence-corrected chi connectivity index (χ3v) is 8.27. The highest BCUT2D eigenvalue weighted by Crippen LogP contribution is 2.59. The Morgan fingerprint density at radius 1 is 0.967 bits per heavy atom. The fraction of sp³-hybridized carbons (Fsp3) is 0.0455. The molecule has 4 nitrogen and oxygen atoms in total. The lowest BCUT2D eigenvalue weighted by atomic mass is 10.0. The van der Waals surface area contributed by atoms with E-state index in [2.05, 4.69) is 17.1 Å². The van der Waals surface area contributed by atoms with E-state index in [1.54, 1.807) is 18.3 Å². The number of halogens is 2. The second-order valence-electron chi connectivity index (χ2n) is 6.74. The molecule has 150 valence electrons. The van der Waals surface area contributed by atoms with Crippen LogP contribution in [-0.4, -0.2) is 4.98 Å². The number of nitrogens with zero attached hydrogens (tertiary/aromatic N) is 2. The molecule has 1 unspecified atom stereocenters. The van der Waals surface area contributed by atoms with Gasteiger partial charge >= 0.3 is 6.64 Å². The van der Waals surface area contributed by atoms with Gasteiger partial charge in [-0.3, -0.25) is 4.67 Å². The molecule has 0 fully saturated rings. The maximum Gasteiger partial charge on any atom is 0.395 e. The fourth-order valence-electron chi connectivity index (χ4n) is 3.45. The monoisotopic (exact) mass is 472 g/mol. The molecule has 2 heterocycles. The average Bonchev–Trinajstić information content (AvgIpc) is 2.75. The normalized spacial score (nSPS) is 18.0. The van der Waals surface area contributed by atoms with Crippen molar-refractivity contribution >= 4 is 58.1 Å². The molecule has 1 aliphatic rings. The van der Waals surface area contributed by atoms with Gasteiger partial charge in [0, 0.05) is 34.3 Å². The molecule has 0 bridgehead atoms. The summed E-state index contributed by atoms with van der Waals surface area (Å²) in [5, 5.41) is 3.15. The summed E-state index contributed by atoms with van der Waals surface area (Å²) in [5.74, 6) is 1.12. The number of aromatic nitrogens is 1. The van der Waals surface area contributed by atoms with Gasteiger partial charge in [-0.15, -0.1) is 0 Å². The number of anilines is 1. The lowest BCUT2D eigenvalue weighted by Gasteiger charge is -2.39. The molecule has 3 aromatic carbocycles. The second kappa shape index (κ2) is 7.75. The molecular formula is C22H15Cl2N2O2PS. The van der Waals surface area contributed by atoms with E-state index in [9.17, 15) is 0 Å². The number of fused-ring (bicyclic) bond motifs is 3. The minimum atomic E-state index is -3.02. The number of rotatable bonds is 3. The van der Waals surface area contributed by atoms with Crippen molar-refractivity contribution in [1.82, 2.24) is 4.98 Å². The standard InChI is InChI=1S/C22H15Cl2N2O2PS/c23-16-8-10-17(11-9-16)26-14-19-18-5-2-1-4-15(18)7-12-20(19)27-29(26,30)28-21-6-3-13-25-22(21)24/h1-13H,14H2. The summed E-state index contributed by atoms with van der Waals surface area (Å²) in [6.45, 7) is -2.49. The lowest BCUT2D eigenvalue weighted by molar-refractivity contribution is 0.464. The molecule has 1 aromatic heterocycles. The van der Waals surface area contributed by atoms with Crippen LogP contribution in [0.4, 0.5) is 5.69 Å². The Morgan fingerprint density at radius 2 is 1.77 bits per heavy atom. The summed E-state index contributed by atoms with van der Waals surface area (Å²) in [4.78, 5) is 4.09. The third kappa shape index (κ3) is 3.52. The Bertz CT molecular complexity index is 1300. The quantitative estimate of drug-likeness (QED) is 0.231. The summed E-state index contributed by atoms with van der Waals surface area (Å²) < 4.78 is 14.6. The van der Waals surface area contributed by atoms with Gasteiger partial charge in [-0.1, -0.05) is 53.5 Å². The maximum atomic E-state index is 6.39. The van der Waals surface area contributed by atoms with E-state index in [1.807, 2.05) is 53.2 Å². The zero-order chi connectivity index (χ0) is 20.7. The molecule has 0 amide bonds. The Balaban J connectivity index is 1.66. The minimum Gasteiger partial charge on any atom is -0.420 e. The van der Waals surface area contributed by atoms with Crippen LogP contribution in [0.3, 0.4) is 0 Å². The van der Waals surface area contributed by atoms with E-state index in [0.29, 0.717) is 17.3 Å². The molecule has 0 radical (unpaired) electrons. The van der Waals surface area contributed by atoms with Crippen molar-refractivity contribution in [1.29, 1.82) is 0 Å². The van der Waals surface area contributed by atoms with E-state index in [0.717, 1.165) is 27.8 Å². The molecule has 30 heavy (non-hydrogen) atoms. The van der Waals surface area contributed by atoms with Gasteiger partial charge in [-0.25, -0.2) is 4.98 Å². The van der Waals surface area contributed by atoms with Gasteiger partial charge < -0.3 is 9.05 Å². The van der Waals surface area contributed by atoms with Crippen molar-refractivity contribution in [2.75, 3.05) is 4.67 Å². The molecule has 0 saturated carbocycles. The number of pyridine rings is 1. The molecule has 0 N–H and O–H groups in total. The van der Waals surface area contributed by atoms with E-state index in [4.69, 9.17) is 44.1 Å². The Labute approximate surface area is 189 Å². The van der Waals surface area contributed by atoms with E-state index in [-0.39, 0.29) is 5.15 Å². The van der Waals surface area contributed by atoms with Crippen LogP contribution in [0.1, 0.15) is 5.56 Å². The van der Waals surface area contributed by atoms with Crippen LogP contribution in [-0.2, 0) is 18.4 Å². The Kier molecular flexibility index (Phi) is 5.08. The first-order chi connectivity index (χ1) is 14.5. The third-order valence-electron chi connectivity index (χ3n) is 4.88. The first-order valence-electron chi connectivity index (χ1n) is 9.17. The highest BCUT2D eigenvalue weighted by Gasteiger charge is 2.38. The number of hydrogen-bond acceptors (Lipinski definition) is 4. The van der Waals surface area contributed by atoms with Crippen molar-refractivity contribution in [3.8, 4) is 11.5 Å².